The zero-order valence-corrected chi connectivity index (χ0v) is 9.77. The monoisotopic (exact) mass is 246 g/mol. The van der Waals surface area contributed by atoms with E-state index in [0.29, 0.717) is 11.3 Å². The Balaban J connectivity index is 2.35. The third-order valence-corrected chi connectivity index (χ3v) is 2.14. The average Bonchev–Trinajstić information content (AvgIpc) is 2.37. The Kier molecular flexibility index (Phi) is 5.19. The molecular weight excluding hydrogens is 232 g/mol. The van der Waals surface area contributed by atoms with Crippen LogP contribution in [0.25, 0.3) is 0 Å². The minimum absolute atomic E-state index is 0.116. The summed E-state index contributed by atoms with van der Waals surface area (Å²) in [6, 6.07) is 8.29. The quantitative estimate of drug-likeness (QED) is 0.503. The third kappa shape index (κ3) is 4.53. The first-order valence-electron chi connectivity index (χ1n) is 5.41. The summed E-state index contributed by atoms with van der Waals surface area (Å²) in [4.78, 5) is 22.9. The fraction of sp³-hybridized carbons (Fsp3) is 0.250. The van der Waals surface area contributed by atoms with Gasteiger partial charge in [-0.05, 0) is 24.3 Å². The number of anilines is 1. The van der Waals surface area contributed by atoms with Gasteiger partial charge in [0.2, 0.25) is 5.91 Å². The highest BCUT2D eigenvalue weighted by atomic mass is 16.2. The van der Waals surface area contributed by atoms with Crippen LogP contribution in [0.3, 0.4) is 0 Å². The molecule has 0 heterocycles. The van der Waals surface area contributed by atoms with E-state index < -0.39 is 0 Å². The lowest BCUT2D eigenvalue weighted by atomic mass is 10.2. The smallest absolute Gasteiger partial charge is 0.251 e. The van der Waals surface area contributed by atoms with Crippen LogP contribution in [0.1, 0.15) is 16.8 Å². The van der Waals surface area contributed by atoms with E-state index in [1.807, 2.05) is 6.07 Å². The second-order valence-corrected chi connectivity index (χ2v) is 3.56. The minimum atomic E-state index is -0.342. The van der Waals surface area contributed by atoms with Gasteiger partial charge in [0.1, 0.15) is 0 Å². The molecule has 0 bridgehead atoms. The Bertz CT molecular complexity index is 462. The lowest BCUT2D eigenvalue weighted by Gasteiger charge is -2.05. The number of carbonyl (C=O) groups is 2. The fourth-order valence-electron chi connectivity index (χ4n) is 1.22. The lowest BCUT2D eigenvalue weighted by Crippen LogP contribution is -2.37. The van der Waals surface area contributed by atoms with Crippen LogP contribution < -0.4 is 16.4 Å². The molecule has 2 amide bonds. The number of nitrogens with zero attached hydrogens (tertiary/aromatic N) is 1. The van der Waals surface area contributed by atoms with Crippen LogP contribution in [0, 0.1) is 11.3 Å². The Labute approximate surface area is 105 Å². The fourth-order valence-corrected chi connectivity index (χ4v) is 1.22. The third-order valence-electron chi connectivity index (χ3n) is 2.14. The Morgan fingerprint density at radius 3 is 2.50 bits per heavy atom. The molecule has 94 valence electrons. The van der Waals surface area contributed by atoms with Crippen molar-refractivity contribution in [1.82, 2.24) is 10.6 Å². The number of hydrogen-bond donors (Lipinski definition) is 3. The molecule has 0 radical (unpaired) electrons. The molecule has 0 spiro atoms. The first kappa shape index (κ1) is 13.5. The van der Waals surface area contributed by atoms with Gasteiger partial charge in [-0.25, -0.2) is 0 Å². The van der Waals surface area contributed by atoms with Crippen molar-refractivity contribution in [2.24, 2.45) is 0 Å². The van der Waals surface area contributed by atoms with Gasteiger partial charge in [-0.2, -0.15) is 5.26 Å². The zero-order valence-electron chi connectivity index (χ0n) is 9.77. The van der Waals surface area contributed by atoms with E-state index in [9.17, 15) is 9.59 Å². The maximum Gasteiger partial charge on any atom is 0.251 e. The molecule has 0 aliphatic heterocycles. The molecule has 1 rings (SSSR count). The van der Waals surface area contributed by atoms with E-state index in [2.05, 4.69) is 10.6 Å². The molecule has 0 atom stereocenters. The number of hydrogen-bond acceptors (Lipinski definition) is 4. The molecule has 18 heavy (non-hydrogen) atoms. The molecular formula is C12H14N4O2. The number of carbonyl (C=O) groups excluding carboxylic acids is 2. The van der Waals surface area contributed by atoms with Crippen LogP contribution in [-0.4, -0.2) is 24.9 Å². The van der Waals surface area contributed by atoms with Crippen LogP contribution in [0.15, 0.2) is 24.3 Å². The second kappa shape index (κ2) is 6.91. The number of rotatable bonds is 5. The molecule has 6 heteroatoms. The van der Waals surface area contributed by atoms with Crippen LogP contribution in [0.4, 0.5) is 5.69 Å². The van der Waals surface area contributed by atoms with Crippen molar-refractivity contribution in [2.75, 3.05) is 18.8 Å². The van der Waals surface area contributed by atoms with Gasteiger partial charge in [0, 0.05) is 17.8 Å². The van der Waals surface area contributed by atoms with Gasteiger partial charge in [0.05, 0.1) is 19.0 Å². The highest BCUT2D eigenvalue weighted by Crippen LogP contribution is 2.04. The summed E-state index contributed by atoms with van der Waals surface area (Å²) in [5.41, 5.74) is 6.50. The molecule has 4 N–H and O–H groups in total. The summed E-state index contributed by atoms with van der Waals surface area (Å²) in [6.07, 6.45) is 0.248. The van der Waals surface area contributed by atoms with Gasteiger partial charge < -0.3 is 16.4 Å². The lowest BCUT2D eigenvalue weighted by molar-refractivity contribution is -0.120. The van der Waals surface area contributed by atoms with Crippen LogP contribution in [0.5, 0.6) is 0 Å². The molecule has 0 aliphatic rings. The topological polar surface area (TPSA) is 108 Å². The van der Waals surface area contributed by atoms with E-state index in [1.54, 1.807) is 24.3 Å². The summed E-state index contributed by atoms with van der Waals surface area (Å²) in [5, 5.41) is 13.3. The predicted octanol–water partition coefficient (Wildman–Crippen LogP) is 0.0285. The van der Waals surface area contributed by atoms with Crippen molar-refractivity contribution in [3.05, 3.63) is 29.8 Å². The van der Waals surface area contributed by atoms with Gasteiger partial charge in [-0.3, -0.25) is 9.59 Å². The standard InChI is InChI=1S/C12H14N4O2/c13-6-1-7-15-11(17)8-16-12(18)9-2-4-10(14)5-3-9/h2-5H,1,7-8,14H2,(H,15,17)(H,16,18). The van der Waals surface area contributed by atoms with E-state index in [0.717, 1.165) is 0 Å². The molecule has 0 saturated heterocycles. The Hall–Kier alpha value is -2.55. The molecule has 0 unspecified atom stereocenters. The van der Waals surface area contributed by atoms with Crippen molar-refractivity contribution >= 4 is 17.5 Å². The molecule has 1 aromatic carbocycles. The van der Waals surface area contributed by atoms with Gasteiger partial charge in [-0.15, -0.1) is 0 Å². The predicted molar refractivity (Wildman–Crippen MR) is 66.4 cm³/mol. The SMILES string of the molecule is N#CCCNC(=O)CNC(=O)c1ccc(N)cc1. The van der Waals surface area contributed by atoms with Crippen LogP contribution in [-0.2, 0) is 4.79 Å². The minimum Gasteiger partial charge on any atom is -0.399 e. The van der Waals surface area contributed by atoms with Gasteiger partial charge in [-0.1, -0.05) is 0 Å². The first-order chi connectivity index (χ1) is 8.63. The maximum atomic E-state index is 11.6. The first-order valence-corrected chi connectivity index (χ1v) is 5.41. The van der Waals surface area contributed by atoms with Crippen molar-refractivity contribution < 1.29 is 9.59 Å². The van der Waals surface area contributed by atoms with Crippen molar-refractivity contribution in [3.8, 4) is 6.07 Å². The summed E-state index contributed by atoms with van der Waals surface area (Å²) in [5.74, 6) is -0.667. The second-order valence-electron chi connectivity index (χ2n) is 3.56. The van der Waals surface area contributed by atoms with Gasteiger partial charge in [0.15, 0.2) is 0 Å². The summed E-state index contributed by atoms with van der Waals surface area (Å²) in [6.45, 7) is 0.168. The average molecular weight is 246 g/mol. The number of nitrogen functional groups attached to an aromatic ring is 1. The summed E-state index contributed by atoms with van der Waals surface area (Å²) >= 11 is 0. The Morgan fingerprint density at radius 2 is 1.89 bits per heavy atom. The molecule has 0 saturated carbocycles. The van der Waals surface area contributed by atoms with Crippen molar-refractivity contribution in [2.45, 2.75) is 6.42 Å². The van der Waals surface area contributed by atoms with Crippen LogP contribution >= 0.6 is 0 Å². The number of nitrogens with two attached hydrogens (primary N) is 1. The Morgan fingerprint density at radius 1 is 1.22 bits per heavy atom. The summed E-state index contributed by atoms with van der Waals surface area (Å²) in [7, 11) is 0. The molecule has 6 nitrogen and oxygen atoms in total. The zero-order chi connectivity index (χ0) is 13.4. The molecule has 0 aliphatic carbocycles. The highest BCUT2D eigenvalue weighted by Gasteiger charge is 2.07. The van der Waals surface area contributed by atoms with E-state index in [1.165, 1.54) is 0 Å². The number of benzene rings is 1. The summed E-state index contributed by atoms with van der Waals surface area (Å²) < 4.78 is 0. The normalized spacial score (nSPS) is 9.28. The maximum absolute atomic E-state index is 11.6. The van der Waals surface area contributed by atoms with Crippen LogP contribution in [0.2, 0.25) is 0 Å². The molecule has 0 aromatic heterocycles. The van der Waals surface area contributed by atoms with E-state index in [-0.39, 0.29) is 31.3 Å². The largest absolute Gasteiger partial charge is 0.399 e. The van der Waals surface area contributed by atoms with Crippen molar-refractivity contribution in [3.63, 3.8) is 0 Å². The number of nitrogens with one attached hydrogen (secondary N) is 2. The van der Waals surface area contributed by atoms with E-state index in [4.69, 9.17) is 11.0 Å². The van der Waals surface area contributed by atoms with Gasteiger partial charge in [0.25, 0.3) is 5.91 Å². The highest BCUT2D eigenvalue weighted by molar-refractivity contribution is 5.96. The van der Waals surface area contributed by atoms with Gasteiger partial charge >= 0.3 is 0 Å². The number of amides is 2. The van der Waals surface area contributed by atoms with Crippen molar-refractivity contribution in [1.29, 1.82) is 5.26 Å². The molecule has 0 fully saturated rings. The van der Waals surface area contributed by atoms with E-state index >= 15 is 0 Å². The molecule has 1 aromatic rings. The number of nitriles is 1.